The molecule has 0 spiro atoms. The number of nitrogens with two attached hydrogens (primary N) is 1. The van der Waals surface area contributed by atoms with Gasteiger partial charge in [-0.15, -0.1) is 5.10 Å². The highest BCUT2D eigenvalue weighted by Crippen LogP contribution is 2.31. The standard InChI is InChI=1S/C12H15N5O2S/c1-3-17-11(18)14-15-12(17)20-9-7(2)5-4-6-8(9)10(13)16-19/h4-6,19H,3H2,1-2H3,(H2,13,16)(H,14,18). The van der Waals surface area contributed by atoms with Gasteiger partial charge < -0.3 is 10.9 Å². The first-order chi connectivity index (χ1) is 9.58. The second-order valence-corrected chi connectivity index (χ2v) is 5.07. The Hall–Kier alpha value is -2.22. The molecule has 1 heterocycles. The summed E-state index contributed by atoms with van der Waals surface area (Å²) in [5.74, 6) is 0.0251. The molecule has 1 aromatic heterocycles. The van der Waals surface area contributed by atoms with E-state index in [-0.39, 0.29) is 11.5 Å². The van der Waals surface area contributed by atoms with Crippen LogP contribution in [0.3, 0.4) is 0 Å². The largest absolute Gasteiger partial charge is 0.409 e. The minimum Gasteiger partial charge on any atom is -0.409 e. The van der Waals surface area contributed by atoms with Crippen molar-refractivity contribution in [1.29, 1.82) is 0 Å². The first kappa shape index (κ1) is 14.2. The second-order valence-electron chi connectivity index (χ2n) is 4.09. The van der Waals surface area contributed by atoms with E-state index in [1.54, 1.807) is 6.07 Å². The minimum atomic E-state index is -0.256. The zero-order chi connectivity index (χ0) is 14.7. The van der Waals surface area contributed by atoms with E-state index >= 15 is 0 Å². The van der Waals surface area contributed by atoms with Crippen LogP contribution < -0.4 is 11.4 Å². The lowest BCUT2D eigenvalue weighted by molar-refractivity contribution is 0.318. The number of aromatic amines is 1. The van der Waals surface area contributed by atoms with Crippen molar-refractivity contribution in [1.82, 2.24) is 14.8 Å². The van der Waals surface area contributed by atoms with Gasteiger partial charge in [0.1, 0.15) is 0 Å². The Bertz CT molecular complexity index is 704. The molecule has 0 bridgehead atoms. The number of nitrogens with zero attached hydrogens (tertiary/aromatic N) is 3. The topological polar surface area (TPSA) is 109 Å². The van der Waals surface area contributed by atoms with Gasteiger partial charge in [-0.1, -0.05) is 17.3 Å². The fourth-order valence-corrected chi connectivity index (χ4v) is 2.90. The molecule has 8 heteroatoms. The van der Waals surface area contributed by atoms with Gasteiger partial charge in [-0.25, -0.2) is 9.89 Å². The number of aryl methyl sites for hydroxylation is 1. The van der Waals surface area contributed by atoms with Crippen molar-refractivity contribution in [3.05, 3.63) is 39.8 Å². The van der Waals surface area contributed by atoms with E-state index in [2.05, 4.69) is 15.4 Å². The smallest absolute Gasteiger partial charge is 0.343 e. The summed E-state index contributed by atoms with van der Waals surface area (Å²) in [5, 5.41) is 18.8. The maximum atomic E-state index is 11.6. The predicted octanol–water partition coefficient (Wildman–Crippen LogP) is 1.15. The van der Waals surface area contributed by atoms with Crippen LogP contribution >= 0.6 is 11.8 Å². The monoisotopic (exact) mass is 293 g/mol. The average molecular weight is 293 g/mol. The summed E-state index contributed by atoms with van der Waals surface area (Å²) in [6.45, 7) is 4.29. The Morgan fingerprint density at radius 2 is 2.35 bits per heavy atom. The summed E-state index contributed by atoms with van der Waals surface area (Å²) in [7, 11) is 0. The van der Waals surface area contributed by atoms with Gasteiger partial charge >= 0.3 is 5.69 Å². The van der Waals surface area contributed by atoms with Gasteiger partial charge in [0.25, 0.3) is 0 Å². The molecule has 0 aliphatic carbocycles. The van der Waals surface area contributed by atoms with Crippen LogP contribution in [-0.4, -0.2) is 25.8 Å². The van der Waals surface area contributed by atoms with Crippen LogP contribution in [0.4, 0.5) is 0 Å². The summed E-state index contributed by atoms with van der Waals surface area (Å²) in [6.07, 6.45) is 0. The van der Waals surface area contributed by atoms with Gasteiger partial charge in [0.05, 0.1) is 0 Å². The highest BCUT2D eigenvalue weighted by molar-refractivity contribution is 7.99. The molecule has 106 valence electrons. The average Bonchev–Trinajstić information content (AvgIpc) is 2.80. The Morgan fingerprint density at radius 3 is 3.00 bits per heavy atom. The van der Waals surface area contributed by atoms with Crippen LogP contribution in [0.25, 0.3) is 0 Å². The maximum Gasteiger partial charge on any atom is 0.343 e. The van der Waals surface area contributed by atoms with Crippen LogP contribution in [-0.2, 0) is 6.54 Å². The van der Waals surface area contributed by atoms with Crippen molar-refractivity contribution in [2.75, 3.05) is 0 Å². The van der Waals surface area contributed by atoms with E-state index < -0.39 is 0 Å². The summed E-state index contributed by atoms with van der Waals surface area (Å²) in [4.78, 5) is 12.4. The van der Waals surface area contributed by atoms with Crippen molar-refractivity contribution in [2.45, 2.75) is 30.4 Å². The normalized spacial score (nSPS) is 11.8. The van der Waals surface area contributed by atoms with Gasteiger partial charge in [0.2, 0.25) is 0 Å². The molecule has 0 radical (unpaired) electrons. The third kappa shape index (κ3) is 2.55. The van der Waals surface area contributed by atoms with Crippen LogP contribution in [0.5, 0.6) is 0 Å². The Labute approximate surface area is 119 Å². The molecular formula is C12H15N5O2S. The number of oxime groups is 1. The minimum absolute atomic E-state index is 0.0251. The van der Waals surface area contributed by atoms with Crippen molar-refractivity contribution >= 4 is 17.6 Å². The number of benzene rings is 1. The maximum absolute atomic E-state index is 11.6. The highest BCUT2D eigenvalue weighted by Gasteiger charge is 2.15. The van der Waals surface area contributed by atoms with Gasteiger partial charge in [-0.3, -0.25) is 4.57 Å². The molecule has 0 saturated carbocycles. The molecule has 0 fully saturated rings. The van der Waals surface area contributed by atoms with Gasteiger partial charge in [0.15, 0.2) is 11.0 Å². The quantitative estimate of drug-likeness (QED) is 0.339. The third-order valence-electron chi connectivity index (χ3n) is 2.83. The Kier molecular flexibility index (Phi) is 4.14. The van der Waals surface area contributed by atoms with Crippen LogP contribution in [0.1, 0.15) is 18.1 Å². The lowest BCUT2D eigenvalue weighted by Gasteiger charge is -2.10. The number of nitrogens with one attached hydrogen (secondary N) is 1. The Morgan fingerprint density at radius 1 is 1.60 bits per heavy atom. The predicted molar refractivity (Wildman–Crippen MR) is 76.3 cm³/mol. The number of aromatic nitrogens is 3. The third-order valence-corrected chi connectivity index (χ3v) is 4.07. The molecule has 0 unspecified atom stereocenters. The van der Waals surface area contributed by atoms with Crippen LogP contribution in [0.15, 0.2) is 38.2 Å². The lowest BCUT2D eigenvalue weighted by atomic mass is 10.1. The first-order valence-electron chi connectivity index (χ1n) is 5.99. The zero-order valence-electron chi connectivity index (χ0n) is 11.1. The zero-order valence-corrected chi connectivity index (χ0v) is 11.9. The second kappa shape index (κ2) is 5.83. The highest BCUT2D eigenvalue weighted by atomic mass is 32.2. The molecule has 1 aromatic carbocycles. The van der Waals surface area contributed by atoms with Crippen molar-refractivity contribution < 1.29 is 5.21 Å². The van der Waals surface area contributed by atoms with Gasteiger partial charge in [-0.2, -0.15) is 0 Å². The molecule has 7 nitrogen and oxygen atoms in total. The fourth-order valence-electron chi connectivity index (χ4n) is 1.79. The summed E-state index contributed by atoms with van der Waals surface area (Å²) >= 11 is 1.31. The number of amidine groups is 1. The van der Waals surface area contributed by atoms with E-state index in [4.69, 9.17) is 10.9 Å². The van der Waals surface area contributed by atoms with E-state index in [9.17, 15) is 4.79 Å². The molecule has 20 heavy (non-hydrogen) atoms. The van der Waals surface area contributed by atoms with Crippen LogP contribution in [0, 0.1) is 6.92 Å². The SMILES string of the molecule is CCn1c(Sc2c(C)cccc2/C(N)=N/O)n[nH]c1=O. The summed E-state index contributed by atoms with van der Waals surface area (Å²) in [5.41, 5.74) is 6.99. The van der Waals surface area contributed by atoms with E-state index in [1.165, 1.54) is 16.3 Å². The first-order valence-corrected chi connectivity index (χ1v) is 6.80. The summed E-state index contributed by atoms with van der Waals surface area (Å²) in [6, 6.07) is 5.49. The van der Waals surface area contributed by atoms with Crippen molar-refractivity contribution in [3.63, 3.8) is 0 Å². The fraction of sp³-hybridized carbons (Fsp3) is 0.250. The number of H-pyrrole nitrogens is 1. The number of hydrogen-bond acceptors (Lipinski definition) is 5. The van der Waals surface area contributed by atoms with E-state index in [0.29, 0.717) is 17.3 Å². The molecule has 0 saturated heterocycles. The van der Waals surface area contributed by atoms with Gasteiger partial charge in [0, 0.05) is 17.0 Å². The molecule has 0 atom stereocenters. The number of rotatable bonds is 4. The number of hydrogen-bond donors (Lipinski definition) is 3. The van der Waals surface area contributed by atoms with E-state index in [0.717, 1.165) is 10.5 Å². The molecule has 0 amide bonds. The van der Waals surface area contributed by atoms with Crippen molar-refractivity contribution in [2.24, 2.45) is 10.9 Å². The van der Waals surface area contributed by atoms with Gasteiger partial charge in [-0.05, 0) is 37.2 Å². The van der Waals surface area contributed by atoms with E-state index in [1.807, 2.05) is 26.0 Å². The molecule has 2 aromatic rings. The van der Waals surface area contributed by atoms with Crippen LogP contribution in [0.2, 0.25) is 0 Å². The summed E-state index contributed by atoms with van der Waals surface area (Å²) < 4.78 is 1.52. The molecule has 2 rings (SSSR count). The molecule has 0 aliphatic heterocycles. The van der Waals surface area contributed by atoms with Crippen molar-refractivity contribution in [3.8, 4) is 0 Å². The molecular weight excluding hydrogens is 278 g/mol. The molecule has 4 N–H and O–H groups in total. The Balaban J connectivity index is 2.50. The molecule has 0 aliphatic rings. The lowest BCUT2D eigenvalue weighted by Crippen LogP contribution is -2.17.